The Morgan fingerprint density at radius 1 is 1.24 bits per heavy atom. The zero-order valence-electron chi connectivity index (χ0n) is 15.3. The third-order valence-corrected chi connectivity index (χ3v) is 5.17. The van der Waals surface area contributed by atoms with E-state index in [1.807, 2.05) is 6.92 Å². The highest BCUT2D eigenvalue weighted by Crippen LogP contribution is 2.28. The van der Waals surface area contributed by atoms with Crippen LogP contribution in [0.3, 0.4) is 0 Å². The number of nitrogens with one attached hydrogen (secondary N) is 1. The van der Waals surface area contributed by atoms with Gasteiger partial charge in [-0.05, 0) is 50.3 Å². The van der Waals surface area contributed by atoms with Gasteiger partial charge in [0.1, 0.15) is 0 Å². The third kappa shape index (κ3) is 5.30. The molecule has 2 amide bonds. The Hall–Kier alpha value is -1.88. The van der Waals surface area contributed by atoms with Crippen LogP contribution in [-0.2, 0) is 0 Å². The Bertz CT molecular complexity index is 582. The minimum Gasteiger partial charge on any atom is -0.396 e. The summed E-state index contributed by atoms with van der Waals surface area (Å²) < 4.78 is 0. The van der Waals surface area contributed by atoms with E-state index in [-0.39, 0.29) is 24.5 Å². The molecule has 1 aromatic carbocycles. The monoisotopic (exact) mass is 346 g/mol. The summed E-state index contributed by atoms with van der Waals surface area (Å²) >= 11 is 0. The second-order valence-electron chi connectivity index (χ2n) is 6.89. The number of carbonyl (C=O) groups excluding carboxylic acids is 2. The van der Waals surface area contributed by atoms with Crippen LogP contribution in [0.15, 0.2) is 24.3 Å². The smallest absolute Gasteiger partial charge is 0.253 e. The topological polar surface area (TPSA) is 69.6 Å². The number of nitrogens with zero attached hydrogens (tertiary/aromatic N) is 1. The first kappa shape index (κ1) is 19.4. The van der Waals surface area contributed by atoms with Crippen LogP contribution in [0, 0.1) is 5.92 Å². The van der Waals surface area contributed by atoms with Crippen molar-refractivity contribution in [2.75, 3.05) is 20.2 Å². The predicted octanol–water partition coefficient (Wildman–Crippen LogP) is 2.84. The SMILES string of the molecule is CCN(C)C(=O)c1cccc(C(=O)NC(CCO)C2CCCCC2)c1. The highest BCUT2D eigenvalue weighted by atomic mass is 16.3. The number of aliphatic hydroxyl groups is 1. The second-order valence-corrected chi connectivity index (χ2v) is 6.89. The molecule has 1 fully saturated rings. The Morgan fingerprint density at radius 2 is 1.92 bits per heavy atom. The van der Waals surface area contributed by atoms with Gasteiger partial charge < -0.3 is 15.3 Å². The van der Waals surface area contributed by atoms with Crippen LogP contribution in [0.25, 0.3) is 0 Å². The second kappa shape index (κ2) is 9.56. The van der Waals surface area contributed by atoms with E-state index in [9.17, 15) is 14.7 Å². The maximum Gasteiger partial charge on any atom is 0.253 e. The Morgan fingerprint density at radius 3 is 2.56 bits per heavy atom. The Balaban J connectivity index is 2.09. The van der Waals surface area contributed by atoms with Crippen LogP contribution in [0.5, 0.6) is 0 Å². The summed E-state index contributed by atoms with van der Waals surface area (Å²) in [5.41, 5.74) is 1.02. The lowest BCUT2D eigenvalue weighted by Crippen LogP contribution is -2.41. The highest BCUT2D eigenvalue weighted by Gasteiger charge is 2.25. The number of carbonyl (C=O) groups is 2. The van der Waals surface area contributed by atoms with Crippen molar-refractivity contribution in [1.82, 2.24) is 10.2 Å². The molecule has 0 spiro atoms. The molecule has 1 aromatic rings. The number of rotatable bonds is 7. The van der Waals surface area contributed by atoms with E-state index in [4.69, 9.17) is 0 Å². The molecule has 1 unspecified atom stereocenters. The predicted molar refractivity (Wildman–Crippen MR) is 98.6 cm³/mol. The molecule has 5 heteroatoms. The minimum atomic E-state index is -0.169. The average Bonchev–Trinajstić information content (AvgIpc) is 2.67. The van der Waals surface area contributed by atoms with Crippen molar-refractivity contribution in [3.8, 4) is 0 Å². The lowest BCUT2D eigenvalue weighted by molar-refractivity contribution is 0.0802. The molecule has 2 N–H and O–H groups in total. The van der Waals surface area contributed by atoms with Gasteiger partial charge in [0.2, 0.25) is 0 Å². The van der Waals surface area contributed by atoms with Crippen LogP contribution in [0.2, 0.25) is 0 Å². The normalized spacial score (nSPS) is 16.3. The molecule has 0 aliphatic heterocycles. The molecule has 0 bridgehead atoms. The fourth-order valence-corrected chi connectivity index (χ4v) is 3.51. The molecule has 0 saturated heterocycles. The fraction of sp³-hybridized carbons (Fsp3) is 0.600. The third-order valence-electron chi connectivity index (χ3n) is 5.17. The molecule has 2 rings (SSSR count). The lowest BCUT2D eigenvalue weighted by atomic mass is 9.82. The van der Waals surface area contributed by atoms with E-state index >= 15 is 0 Å². The molecule has 1 saturated carbocycles. The van der Waals surface area contributed by atoms with Gasteiger partial charge in [-0.2, -0.15) is 0 Å². The molecular formula is C20H30N2O3. The van der Waals surface area contributed by atoms with Crippen molar-refractivity contribution in [1.29, 1.82) is 0 Å². The number of aliphatic hydroxyl groups excluding tert-OH is 1. The first-order chi connectivity index (χ1) is 12.1. The summed E-state index contributed by atoms with van der Waals surface area (Å²) in [4.78, 5) is 26.6. The van der Waals surface area contributed by atoms with E-state index < -0.39 is 0 Å². The van der Waals surface area contributed by atoms with E-state index in [0.717, 1.165) is 12.8 Å². The van der Waals surface area contributed by atoms with Gasteiger partial charge in [-0.3, -0.25) is 9.59 Å². The number of hydrogen-bond donors (Lipinski definition) is 2. The van der Waals surface area contributed by atoms with Gasteiger partial charge in [-0.25, -0.2) is 0 Å². The molecule has 0 aromatic heterocycles. The maximum atomic E-state index is 12.7. The van der Waals surface area contributed by atoms with Crippen molar-refractivity contribution in [3.05, 3.63) is 35.4 Å². The van der Waals surface area contributed by atoms with Gasteiger partial charge in [0.05, 0.1) is 0 Å². The van der Waals surface area contributed by atoms with Crippen LogP contribution in [0.4, 0.5) is 0 Å². The van der Waals surface area contributed by atoms with Gasteiger partial charge in [0, 0.05) is 37.4 Å². The summed E-state index contributed by atoms with van der Waals surface area (Å²) in [6, 6.07) is 6.86. The van der Waals surface area contributed by atoms with Gasteiger partial charge in [-0.15, -0.1) is 0 Å². The number of hydrogen-bond acceptors (Lipinski definition) is 3. The fourth-order valence-electron chi connectivity index (χ4n) is 3.51. The highest BCUT2D eigenvalue weighted by molar-refractivity contribution is 5.99. The molecule has 138 valence electrons. The van der Waals surface area contributed by atoms with Crippen LogP contribution < -0.4 is 5.32 Å². The first-order valence-corrected chi connectivity index (χ1v) is 9.34. The van der Waals surface area contributed by atoms with Crippen LogP contribution in [0.1, 0.15) is 66.2 Å². The average molecular weight is 346 g/mol. The van der Waals surface area contributed by atoms with E-state index in [2.05, 4.69) is 5.32 Å². The first-order valence-electron chi connectivity index (χ1n) is 9.34. The van der Waals surface area contributed by atoms with E-state index in [1.54, 1.807) is 36.2 Å². The molecule has 1 atom stereocenters. The molecule has 0 heterocycles. The van der Waals surface area contributed by atoms with Crippen LogP contribution >= 0.6 is 0 Å². The molecule has 5 nitrogen and oxygen atoms in total. The van der Waals surface area contributed by atoms with Crippen LogP contribution in [-0.4, -0.2) is 48.1 Å². The standard InChI is InChI=1S/C20H30N2O3/c1-3-22(2)20(25)17-11-7-10-16(14-17)19(24)21-18(12-13-23)15-8-5-4-6-9-15/h7,10-11,14-15,18,23H,3-6,8-9,12-13H2,1-2H3,(H,21,24). The van der Waals surface area contributed by atoms with Gasteiger partial charge in [-0.1, -0.05) is 25.3 Å². The van der Waals surface area contributed by atoms with Gasteiger partial charge in [0.25, 0.3) is 11.8 Å². The van der Waals surface area contributed by atoms with Gasteiger partial charge >= 0.3 is 0 Å². The summed E-state index contributed by atoms with van der Waals surface area (Å²) in [5.74, 6) is 0.176. The van der Waals surface area contributed by atoms with Crippen molar-refractivity contribution >= 4 is 11.8 Å². The number of benzene rings is 1. The zero-order chi connectivity index (χ0) is 18.2. The quantitative estimate of drug-likeness (QED) is 0.797. The molecular weight excluding hydrogens is 316 g/mol. The summed E-state index contributed by atoms with van der Waals surface area (Å²) in [5, 5.41) is 12.4. The van der Waals surface area contributed by atoms with Crippen molar-refractivity contribution in [3.63, 3.8) is 0 Å². The summed E-state index contributed by atoms with van der Waals surface area (Å²) in [7, 11) is 1.75. The van der Waals surface area contributed by atoms with Crippen molar-refractivity contribution in [2.45, 2.75) is 51.5 Å². The minimum absolute atomic E-state index is 0.00419. The molecule has 0 radical (unpaired) electrons. The van der Waals surface area contributed by atoms with Crippen molar-refractivity contribution < 1.29 is 14.7 Å². The van der Waals surface area contributed by atoms with E-state index in [1.165, 1.54) is 19.3 Å². The zero-order valence-corrected chi connectivity index (χ0v) is 15.3. The molecule has 25 heavy (non-hydrogen) atoms. The summed E-state index contributed by atoms with van der Waals surface area (Å²) in [6.45, 7) is 2.61. The Kier molecular flexibility index (Phi) is 7.44. The summed E-state index contributed by atoms with van der Waals surface area (Å²) in [6.07, 6.45) is 6.42. The van der Waals surface area contributed by atoms with Gasteiger partial charge in [0.15, 0.2) is 0 Å². The lowest BCUT2D eigenvalue weighted by Gasteiger charge is -2.30. The maximum absolute atomic E-state index is 12.7. The van der Waals surface area contributed by atoms with Crippen molar-refractivity contribution in [2.24, 2.45) is 5.92 Å². The molecule has 1 aliphatic carbocycles. The Labute approximate surface area is 150 Å². The number of amides is 2. The largest absolute Gasteiger partial charge is 0.396 e. The van der Waals surface area contributed by atoms with E-state index in [0.29, 0.717) is 30.0 Å². The molecule has 1 aliphatic rings.